The summed E-state index contributed by atoms with van der Waals surface area (Å²) in [5.41, 5.74) is 4.35. The van der Waals surface area contributed by atoms with Gasteiger partial charge in [-0.1, -0.05) is 6.07 Å². The summed E-state index contributed by atoms with van der Waals surface area (Å²) in [5, 5.41) is 0.821. The first-order valence-corrected chi connectivity index (χ1v) is 10.6. The average Bonchev–Trinajstić information content (AvgIpc) is 2.72. The zero-order valence-corrected chi connectivity index (χ0v) is 16.6. The number of benzene rings is 1. The molecule has 7 nitrogen and oxygen atoms in total. The van der Waals surface area contributed by atoms with Gasteiger partial charge in [-0.05, 0) is 42.0 Å². The number of anilines is 1. The van der Waals surface area contributed by atoms with Crippen LogP contribution in [0.3, 0.4) is 0 Å². The van der Waals surface area contributed by atoms with E-state index in [9.17, 15) is 8.42 Å². The standard InChI is InChI=1S/C21H18N4O3S/c1-28-21-10-17-16(14-5-3-7-22-12-14)9-18(15-6-4-8-23-13-15)24-19(17)11-20(21)25-29(2,26)27/h3-13,25H,1-2H3. The molecule has 0 amide bonds. The van der Waals surface area contributed by atoms with E-state index in [0.717, 1.165) is 34.0 Å². The predicted molar refractivity (Wildman–Crippen MR) is 113 cm³/mol. The van der Waals surface area contributed by atoms with Gasteiger partial charge in [0.05, 0.1) is 30.3 Å². The van der Waals surface area contributed by atoms with Gasteiger partial charge in [-0.2, -0.15) is 0 Å². The molecule has 0 saturated carbocycles. The Bertz CT molecular complexity index is 1280. The topological polar surface area (TPSA) is 94.1 Å². The lowest BCUT2D eigenvalue weighted by atomic mass is 9.99. The van der Waals surface area contributed by atoms with Gasteiger partial charge in [0.1, 0.15) is 5.75 Å². The van der Waals surface area contributed by atoms with E-state index >= 15 is 0 Å². The first-order chi connectivity index (χ1) is 13.9. The number of aromatic nitrogens is 3. The van der Waals surface area contributed by atoms with Crippen molar-refractivity contribution in [2.45, 2.75) is 0 Å². The van der Waals surface area contributed by atoms with Crippen molar-refractivity contribution in [1.82, 2.24) is 15.0 Å². The molecule has 1 N–H and O–H groups in total. The molecule has 0 fully saturated rings. The van der Waals surface area contributed by atoms with E-state index in [-0.39, 0.29) is 0 Å². The van der Waals surface area contributed by atoms with E-state index in [1.807, 2.05) is 30.3 Å². The van der Waals surface area contributed by atoms with Crippen molar-refractivity contribution in [3.05, 3.63) is 67.3 Å². The fourth-order valence-corrected chi connectivity index (χ4v) is 3.68. The van der Waals surface area contributed by atoms with Crippen molar-refractivity contribution in [2.24, 2.45) is 0 Å². The summed E-state index contributed by atoms with van der Waals surface area (Å²) < 4.78 is 31.5. The maximum atomic E-state index is 11.8. The second kappa shape index (κ2) is 7.48. The SMILES string of the molecule is COc1cc2c(-c3cccnc3)cc(-c3cccnc3)nc2cc1NS(C)(=O)=O. The molecule has 0 saturated heterocycles. The molecule has 0 radical (unpaired) electrons. The first kappa shape index (κ1) is 18.8. The highest BCUT2D eigenvalue weighted by Crippen LogP contribution is 2.37. The Hall–Kier alpha value is -3.52. The summed E-state index contributed by atoms with van der Waals surface area (Å²) >= 11 is 0. The highest BCUT2D eigenvalue weighted by molar-refractivity contribution is 7.92. The number of ether oxygens (including phenoxy) is 1. The van der Waals surface area contributed by atoms with Crippen LogP contribution in [-0.4, -0.2) is 36.7 Å². The van der Waals surface area contributed by atoms with Gasteiger partial charge in [0.15, 0.2) is 0 Å². The number of fused-ring (bicyclic) bond motifs is 1. The number of sulfonamides is 1. The van der Waals surface area contributed by atoms with Gasteiger partial charge in [0.2, 0.25) is 10.0 Å². The van der Waals surface area contributed by atoms with Crippen LogP contribution in [0, 0.1) is 0 Å². The maximum Gasteiger partial charge on any atom is 0.229 e. The second-order valence-electron chi connectivity index (χ2n) is 6.48. The van der Waals surface area contributed by atoms with Crippen LogP contribution in [0.1, 0.15) is 0 Å². The lowest BCUT2D eigenvalue weighted by molar-refractivity contribution is 0.417. The Labute approximate surface area is 168 Å². The molecular formula is C21H18N4O3S. The molecular weight excluding hydrogens is 388 g/mol. The quantitative estimate of drug-likeness (QED) is 0.543. The molecule has 3 heterocycles. The van der Waals surface area contributed by atoms with Gasteiger partial charge in [0.25, 0.3) is 0 Å². The minimum atomic E-state index is -3.48. The number of methoxy groups -OCH3 is 1. The molecule has 4 aromatic rings. The molecule has 1 aromatic carbocycles. The molecule has 0 bridgehead atoms. The third-order valence-electron chi connectivity index (χ3n) is 4.36. The van der Waals surface area contributed by atoms with Crippen molar-refractivity contribution in [3.63, 3.8) is 0 Å². The maximum absolute atomic E-state index is 11.8. The molecule has 29 heavy (non-hydrogen) atoms. The molecule has 0 atom stereocenters. The Morgan fingerprint density at radius 1 is 0.966 bits per heavy atom. The van der Waals surface area contributed by atoms with Crippen LogP contribution in [0.25, 0.3) is 33.3 Å². The highest BCUT2D eigenvalue weighted by Gasteiger charge is 2.15. The molecule has 3 aromatic heterocycles. The number of pyridine rings is 3. The third kappa shape index (κ3) is 4.02. The zero-order valence-electron chi connectivity index (χ0n) is 15.8. The number of rotatable bonds is 5. The smallest absolute Gasteiger partial charge is 0.229 e. The highest BCUT2D eigenvalue weighted by atomic mass is 32.2. The van der Waals surface area contributed by atoms with Gasteiger partial charge in [-0.15, -0.1) is 0 Å². The Morgan fingerprint density at radius 2 is 1.66 bits per heavy atom. The Morgan fingerprint density at radius 3 is 2.24 bits per heavy atom. The predicted octanol–water partition coefficient (Wildman–Crippen LogP) is 3.74. The molecule has 0 aliphatic carbocycles. The molecule has 0 aliphatic heterocycles. The number of hydrogen-bond acceptors (Lipinski definition) is 6. The van der Waals surface area contributed by atoms with E-state index in [2.05, 4.69) is 14.7 Å². The number of hydrogen-bond donors (Lipinski definition) is 1. The largest absolute Gasteiger partial charge is 0.495 e. The molecule has 8 heteroatoms. The van der Waals surface area contributed by atoms with Gasteiger partial charge in [0, 0.05) is 41.3 Å². The van der Waals surface area contributed by atoms with Crippen LogP contribution in [0.5, 0.6) is 5.75 Å². The summed E-state index contributed by atoms with van der Waals surface area (Å²) in [6.07, 6.45) is 8.02. The van der Waals surface area contributed by atoms with E-state index in [1.165, 1.54) is 7.11 Å². The summed E-state index contributed by atoms with van der Waals surface area (Å²) in [7, 11) is -1.98. The van der Waals surface area contributed by atoms with Crippen LogP contribution >= 0.6 is 0 Å². The monoisotopic (exact) mass is 406 g/mol. The van der Waals surface area contributed by atoms with E-state index in [4.69, 9.17) is 9.72 Å². The zero-order chi connectivity index (χ0) is 20.4. The molecule has 0 aliphatic rings. The van der Waals surface area contributed by atoms with Crippen molar-refractivity contribution in [2.75, 3.05) is 18.1 Å². The van der Waals surface area contributed by atoms with Crippen molar-refractivity contribution in [3.8, 4) is 28.1 Å². The number of nitrogens with zero attached hydrogens (tertiary/aromatic N) is 3. The second-order valence-corrected chi connectivity index (χ2v) is 8.23. The minimum absolute atomic E-state index is 0.329. The molecule has 0 spiro atoms. The summed E-state index contributed by atoms with van der Waals surface area (Å²) in [6.45, 7) is 0. The van der Waals surface area contributed by atoms with E-state index in [1.54, 1.807) is 36.9 Å². The molecule has 4 rings (SSSR count). The van der Waals surface area contributed by atoms with Gasteiger partial charge in [-0.25, -0.2) is 13.4 Å². The van der Waals surface area contributed by atoms with Crippen LogP contribution < -0.4 is 9.46 Å². The van der Waals surface area contributed by atoms with Crippen molar-refractivity contribution < 1.29 is 13.2 Å². The van der Waals surface area contributed by atoms with E-state index < -0.39 is 10.0 Å². The fourth-order valence-electron chi connectivity index (χ4n) is 3.12. The lowest BCUT2D eigenvalue weighted by Gasteiger charge is -2.15. The van der Waals surface area contributed by atoms with Crippen molar-refractivity contribution in [1.29, 1.82) is 0 Å². The number of nitrogens with one attached hydrogen (secondary N) is 1. The fraction of sp³-hybridized carbons (Fsp3) is 0.0952. The molecule has 146 valence electrons. The van der Waals surface area contributed by atoms with E-state index in [0.29, 0.717) is 17.0 Å². The van der Waals surface area contributed by atoms with Gasteiger partial charge < -0.3 is 4.74 Å². The molecule has 0 unspecified atom stereocenters. The average molecular weight is 406 g/mol. The van der Waals surface area contributed by atoms with Crippen molar-refractivity contribution >= 4 is 26.6 Å². The van der Waals surface area contributed by atoms with Crippen LogP contribution in [-0.2, 0) is 10.0 Å². The Balaban J connectivity index is 2.03. The van der Waals surface area contributed by atoms with Gasteiger partial charge in [-0.3, -0.25) is 14.7 Å². The van der Waals surface area contributed by atoms with Crippen LogP contribution in [0.2, 0.25) is 0 Å². The van der Waals surface area contributed by atoms with Gasteiger partial charge >= 0.3 is 0 Å². The van der Waals surface area contributed by atoms with Crippen LogP contribution in [0.15, 0.2) is 67.3 Å². The lowest BCUT2D eigenvalue weighted by Crippen LogP contribution is -2.10. The normalized spacial score (nSPS) is 11.4. The summed E-state index contributed by atoms with van der Waals surface area (Å²) in [5.74, 6) is 0.406. The third-order valence-corrected chi connectivity index (χ3v) is 4.95. The minimum Gasteiger partial charge on any atom is -0.495 e. The van der Waals surface area contributed by atoms with Crippen LogP contribution in [0.4, 0.5) is 5.69 Å². The summed E-state index contributed by atoms with van der Waals surface area (Å²) in [6, 6.07) is 13.0. The first-order valence-electron chi connectivity index (χ1n) is 8.76. The summed E-state index contributed by atoms with van der Waals surface area (Å²) in [4.78, 5) is 13.1. The Kier molecular flexibility index (Phi) is 4.85.